The van der Waals surface area contributed by atoms with Crippen molar-refractivity contribution in [2.75, 3.05) is 13.2 Å². The molecule has 0 aliphatic carbocycles. The van der Waals surface area contributed by atoms with Gasteiger partial charge in [0.15, 0.2) is 5.85 Å². The number of benzene rings is 2. The molecule has 2 aromatic rings. The van der Waals surface area contributed by atoms with Crippen LogP contribution in [0, 0.1) is 0 Å². The maximum Gasteiger partial charge on any atom is 0.363 e. The predicted molar refractivity (Wildman–Crippen MR) is 88.8 cm³/mol. The molecule has 0 amide bonds. The number of rotatable bonds is 8. The van der Waals surface area contributed by atoms with Crippen LogP contribution in [0.25, 0.3) is 0 Å². The van der Waals surface area contributed by atoms with Crippen LogP contribution >= 0.6 is 7.60 Å². The second kappa shape index (κ2) is 8.27. The lowest BCUT2D eigenvalue weighted by Gasteiger charge is -2.22. The normalized spacial score (nSPS) is 12.8. The fourth-order valence-electron chi connectivity index (χ4n) is 2.05. The second-order valence-corrected chi connectivity index (χ2v) is 6.82. The predicted octanol–water partition coefficient (Wildman–Crippen LogP) is 4.74. The van der Waals surface area contributed by atoms with Crippen LogP contribution in [-0.4, -0.2) is 18.3 Å². The van der Waals surface area contributed by atoms with E-state index in [1.54, 1.807) is 38.1 Å². The Kier molecular flexibility index (Phi) is 6.37. The monoisotopic (exact) mass is 336 g/mol. The van der Waals surface area contributed by atoms with Gasteiger partial charge < -0.3 is 18.9 Å². The van der Waals surface area contributed by atoms with Crippen molar-refractivity contribution in [2.45, 2.75) is 19.7 Å². The highest BCUT2D eigenvalue weighted by molar-refractivity contribution is 7.54. The summed E-state index contributed by atoms with van der Waals surface area (Å²) in [7, 11) is -3.60. The lowest BCUT2D eigenvalue weighted by molar-refractivity contribution is 0.150. The number of hydrogen-bond acceptors (Lipinski definition) is 5. The molecule has 0 aliphatic heterocycles. The summed E-state index contributed by atoms with van der Waals surface area (Å²) in [5, 5.41) is 10.3. The molecule has 6 heteroatoms. The first-order valence-corrected chi connectivity index (χ1v) is 9.10. The van der Waals surface area contributed by atoms with Gasteiger partial charge in [-0.1, -0.05) is 30.3 Å². The third kappa shape index (κ3) is 4.66. The van der Waals surface area contributed by atoms with E-state index in [0.717, 1.165) is 5.75 Å². The zero-order valence-corrected chi connectivity index (χ0v) is 14.1. The molecular formula is C17H21O5P. The van der Waals surface area contributed by atoms with E-state index >= 15 is 0 Å². The van der Waals surface area contributed by atoms with Crippen molar-refractivity contribution in [1.29, 1.82) is 0 Å². The summed E-state index contributed by atoms with van der Waals surface area (Å²) in [5.74, 6) is 0.0121. The van der Waals surface area contributed by atoms with Crippen LogP contribution in [0.4, 0.5) is 0 Å². The topological polar surface area (TPSA) is 65.0 Å². The maximum absolute atomic E-state index is 12.6. The molecule has 0 saturated carbocycles. The van der Waals surface area contributed by atoms with Crippen molar-refractivity contribution >= 4 is 7.60 Å². The molecule has 124 valence electrons. The van der Waals surface area contributed by atoms with Crippen molar-refractivity contribution in [1.82, 2.24) is 0 Å². The third-order valence-electron chi connectivity index (χ3n) is 3.07. The first kappa shape index (κ1) is 17.7. The van der Waals surface area contributed by atoms with Crippen molar-refractivity contribution in [3.63, 3.8) is 0 Å². The van der Waals surface area contributed by atoms with E-state index in [-0.39, 0.29) is 13.2 Å². The van der Waals surface area contributed by atoms with E-state index in [4.69, 9.17) is 13.8 Å². The van der Waals surface area contributed by atoms with E-state index in [0.29, 0.717) is 11.3 Å². The van der Waals surface area contributed by atoms with E-state index < -0.39 is 13.4 Å². The summed E-state index contributed by atoms with van der Waals surface area (Å²) < 4.78 is 28.6. The Morgan fingerprint density at radius 3 is 1.96 bits per heavy atom. The van der Waals surface area contributed by atoms with E-state index in [9.17, 15) is 9.67 Å². The van der Waals surface area contributed by atoms with Gasteiger partial charge in [-0.15, -0.1) is 0 Å². The minimum absolute atomic E-state index is 0.198. The molecule has 0 radical (unpaired) electrons. The van der Waals surface area contributed by atoms with Gasteiger partial charge in [0, 0.05) is 0 Å². The molecule has 0 saturated heterocycles. The third-order valence-corrected chi connectivity index (χ3v) is 5.21. The Morgan fingerprint density at radius 1 is 0.913 bits per heavy atom. The van der Waals surface area contributed by atoms with Gasteiger partial charge in [-0.2, -0.15) is 0 Å². The fourth-order valence-corrected chi connectivity index (χ4v) is 3.67. The van der Waals surface area contributed by atoms with Crippen LogP contribution in [0.3, 0.4) is 0 Å². The summed E-state index contributed by atoms with van der Waals surface area (Å²) in [6.07, 6.45) is 0. The van der Waals surface area contributed by atoms with Gasteiger partial charge in [-0.25, -0.2) is 0 Å². The molecule has 0 aromatic heterocycles. The first-order chi connectivity index (χ1) is 11.1. The Morgan fingerprint density at radius 2 is 1.43 bits per heavy atom. The second-order valence-electron chi connectivity index (χ2n) is 4.73. The lowest BCUT2D eigenvalue weighted by atomic mass is 10.2. The SMILES string of the molecule is CCOP(=O)(OCC)[C@H](O)c1ccc(Oc2ccccc2)cc1. The lowest BCUT2D eigenvalue weighted by Crippen LogP contribution is -2.06. The molecule has 2 rings (SSSR count). The first-order valence-electron chi connectivity index (χ1n) is 7.48. The number of hydrogen-bond donors (Lipinski definition) is 1. The Bertz CT molecular complexity index is 632. The quantitative estimate of drug-likeness (QED) is 0.706. The molecule has 0 unspecified atom stereocenters. The van der Waals surface area contributed by atoms with Crippen LogP contribution in [0.5, 0.6) is 11.5 Å². The van der Waals surface area contributed by atoms with Crippen LogP contribution in [-0.2, 0) is 13.6 Å². The molecule has 1 atom stereocenters. The molecule has 0 spiro atoms. The van der Waals surface area contributed by atoms with Crippen LogP contribution in [0.15, 0.2) is 54.6 Å². The van der Waals surface area contributed by atoms with Crippen LogP contribution in [0.2, 0.25) is 0 Å². The minimum atomic E-state index is -3.60. The maximum atomic E-state index is 12.6. The Labute approximate surface area is 136 Å². The number of aliphatic hydroxyl groups is 1. The highest BCUT2D eigenvalue weighted by atomic mass is 31.2. The molecule has 0 bridgehead atoms. The van der Waals surface area contributed by atoms with E-state index in [2.05, 4.69) is 0 Å². The molecule has 2 aromatic carbocycles. The fraction of sp³-hybridized carbons (Fsp3) is 0.294. The summed E-state index contributed by atoms with van der Waals surface area (Å²) in [6.45, 7) is 3.80. The van der Waals surface area contributed by atoms with Crippen LogP contribution < -0.4 is 4.74 Å². The van der Waals surface area contributed by atoms with Gasteiger partial charge in [0.05, 0.1) is 13.2 Å². The van der Waals surface area contributed by atoms with Crippen LogP contribution in [0.1, 0.15) is 25.3 Å². The van der Waals surface area contributed by atoms with E-state index in [1.165, 1.54) is 0 Å². The van der Waals surface area contributed by atoms with Crippen molar-refractivity contribution < 1.29 is 23.5 Å². The highest BCUT2D eigenvalue weighted by Crippen LogP contribution is 2.59. The summed E-state index contributed by atoms with van der Waals surface area (Å²) in [6, 6.07) is 16.1. The molecule has 0 heterocycles. The zero-order chi connectivity index (χ0) is 16.7. The van der Waals surface area contributed by atoms with Crippen molar-refractivity contribution in [2.24, 2.45) is 0 Å². The Balaban J connectivity index is 2.13. The summed E-state index contributed by atoms with van der Waals surface area (Å²) in [5.41, 5.74) is 0.454. The average Bonchev–Trinajstić information content (AvgIpc) is 2.56. The van der Waals surface area contributed by atoms with Crippen molar-refractivity contribution in [3.8, 4) is 11.5 Å². The molecule has 1 N–H and O–H groups in total. The molecule has 0 fully saturated rings. The molecule has 0 aliphatic rings. The van der Waals surface area contributed by atoms with Crippen molar-refractivity contribution in [3.05, 3.63) is 60.2 Å². The Hall–Kier alpha value is -1.65. The van der Waals surface area contributed by atoms with Gasteiger partial charge in [-0.3, -0.25) is 4.57 Å². The van der Waals surface area contributed by atoms with E-state index in [1.807, 2.05) is 30.3 Å². The minimum Gasteiger partial charge on any atom is -0.457 e. The molecule has 23 heavy (non-hydrogen) atoms. The number of aliphatic hydroxyl groups excluding tert-OH is 1. The largest absolute Gasteiger partial charge is 0.457 e. The van der Waals surface area contributed by atoms with Gasteiger partial charge in [-0.05, 0) is 43.7 Å². The molecule has 5 nitrogen and oxygen atoms in total. The smallest absolute Gasteiger partial charge is 0.363 e. The number of para-hydroxylation sites is 1. The van der Waals surface area contributed by atoms with Gasteiger partial charge in [0.25, 0.3) is 0 Å². The highest BCUT2D eigenvalue weighted by Gasteiger charge is 2.35. The van der Waals surface area contributed by atoms with Gasteiger partial charge in [0.2, 0.25) is 0 Å². The molecular weight excluding hydrogens is 315 g/mol. The summed E-state index contributed by atoms with van der Waals surface area (Å²) >= 11 is 0. The summed E-state index contributed by atoms with van der Waals surface area (Å²) in [4.78, 5) is 0. The van der Waals surface area contributed by atoms with Gasteiger partial charge >= 0.3 is 7.60 Å². The standard InChI is InChI=1S/C17H21O5P/c1-3-20-23(19,21-4-2)17(18)14-10-12-16(13-11-14)22-15-8-6-5-7-9-15/h5-13,17-18H,3-4H2,1-2H3/t17-/m0/s1. The van der Waals surface area contributed by atoms with Gasteiger partial charge in [0.1, 0.15) is 11.5 Å². The zero-order valence-electron chi connectivity index (χ0n) is 13.2. The average molecular weight is 336 g/mol. The number of ether oxygens (including phenoxy) is 1.